The highest BCUT2D eigenvalue weighted by molar-refractivity contribution is 5.85. The van der Waals surface area contributed by atoms with Gasteiger partial charge in [0.05, 0.1) is 6.61 Å². The van der Waals surface area contributed by atoms with Gasteiger partial charge in [-0.2, -0.15) is 0 Å². The van der Waals surface area contributed by atoms with E-state index in [1.54, 1.807) is 6.07 Å². The molecule has 0 aromatic heterocycles. The fourth-order valence-corrected chi connectivity index (χ4v) is 2.93. The quantitative estimate of drug-likeness (QED) is 0.910. The molecular weight excluding hydrogens is 277 g/mol. The van der Waals surface area contributed by atoms with Crippen molar-refractivity contribution in [1.82, 2.24) is 5.32 Å². The Balaban J connectivity index is 0.00000147. The molecule has 3 rings (SSSR count). The summed E-state index contributed by atoms with van der Waals surface area (Å²) in [5.74, 6) is 1.70. The standard InChI is InChI=1S/C16H22FNO.ClH/c17-15-8-14(13-4-6-18-7-5-13)9-16(10-15)19-11-12-2-1-3-12;/h8-10,12-13,18H,1-7,11H2;1H. The molecule has 0 spiro atoms. The maximum Gasteiger partial charge on any atom is 0.127 e. The Morgan fingerprint density at radius 2 is 1.85 bits per heavy atom. The highest BCUT2D eigenvalue weighted by Crippen LogP contribution is 2.31. The van der Waals surface area contributed by atoms with E-state index in [9.17, 15) is 4.39 Å². The lowest BCUT2D eigenvalue weighted by molar-refractivity contribution is 0.180. The molecule has 1 aromatic rings. The molecule has 2 nitrogen and oxygen atoms in total. The third-order valence-corrected chi connectivity index (χ3v) is 4.41. The number of nitrogens with one attached hydrogen (secondary N) is 1. The summed E-state index contributed by atoms with van der Waals surface area (Å²) in [5, 5.41) is 3.34. The Kier molecular flexibility index (Phi) is 5.67. The maximum absolute atomic E-state index is 13.7. The average molecular weight is 300 g/mol. The summed E-state index contributed by atoms with van der Waals surface area (Å²) in [6.45, 7) is 2.80. The Bertz CT molecular complexity index is 430. The summed E-state index contributed by atoms with van der Waals surface area (Å²) in [5.41, 5.74) is 1.10. The number of benzene rings is 1. The van der Waals surface area contributed by atoms with Gasteiger partial charge in [0.15, 0.2) is 0 Å². The topological polar surface area (TPSA) is 21.3 Å². The number of rotatable bonds is 4. The lowest BCUT2D eigenvalue weighted by Gasteiger charge is -2.26. The molecule has 1 saturated heterocycles. The predicted molar refractivity (Wildman–Crippen MR) is 81.3 cm³/mol. The van der Waals surface area contributed by atoms with Gasteiger partial charge in [-0.15, -0.1) is 12.4 Å². The largest absolute Gasteiger partial charge is 0.493 e. The van der Waals surface area contributed by atoms with E-state index in [-0.39, 0.29) is 18.2 Å². The van der Waals surface area contributed by atoms with Crippen molar-refractivity contribution >= 4 is 12.4 Å². The second-order valence-corrected chi connectivity index (χ2v) is 5.85. The predicted octanol–water partition coefficient (Wildman–Crippen LogP) is 3.89. The third-order valence-electron chi connectivity index (χ3n) is 4.41. The Morgan fingerprint density at radius 3 is 2.50 bits per heavy atom. The fourth-order valence-electron chi connectivity index (χ4n) is 2.93. The minimum absolute atomic E-state index is 0. The van der Waals surface area contributed by atoms with Crippen molar-refractivity contribution in [2.75, 3.05) is 19.7 Å². The van der Waals surface area contributed by atoms with Gasteiger partial charge in [-0.25, -0.2) is 4.39 Å². The summed E-state index contributed by atoms with van der Waals surface area (Å²) in [6.07, 6.45) is 6.02. The first-order chi connectivity index (χ1) is 9.31. The Morgan fingerprint density at radius 1 is 1.10 bits per heavy atom. The van der Waals surface area contributed by atoms with Crippen molar-refractivity contribution in [3.63, 3.8) is 0 Å². The van der Waals surface area contributed by atoms with E-state index in [2.05, 4.69) is 5.32 Å². The molecule has 0 amide bonds. The van der Waals surface area contributed by atoms with Crippen molar-refractivity contribution in [3.05, 3.63) is 29.6 Å². The molecule has 4 heteroatoms. The van der Waals surface area contributed by atoms with Crippen molar-refractivity contribution in [1.29, 1.82) is 0 Å². The van der Waals surface area contributed by atoms with Crippen LogP contribution in [0.3, 0.4) is 0 Å². The van der Waals surface area contributed by atoms with Crippen LogP contribution in [-0.4, -0.2) is 19.7 Å². The maximum atomic E-state index is 13.7. The molecule has 1 heterocycles. The van der Waals surface area contributed by atoms with E-state index < -0.39 is 0 Å². The monoisotopic (exact) mass is 299 g/mol. The lowest BCUT2D eigenvalue weighted by Crippen LogP contribution is -2.26. The SMILES string of the molecule is Cl.Fc1cc(OCC2CCC2)cc(C2CCNCC2)c1. The highest BCUT2D eigenvalue weighted by atomic mass is 35.5. The number of ether oxygens (including phenoxy) is 1. The van der Waals surface area contributed by atoms with Crippen LogP contribution in [0, 0.1) is 11.7 Å². The molecule has 1 N–H and O–H groups in total. The minimum Gasteiger partial charge on any atom is -0.493 e. The van der Waals surface area contributed by atoms with Crippen LogP contribution < -0.4 is 10.1 Å². The molecule has 20 heavy (non-hydrogen) atoms. The first-order valence-corrected chi connectivity index (χ1v) is 7.45. The average Bonchev–Trinajstić information content (AvgIpc) is 2.37. The minimum atomic E-state index is -0.167. The highest BCUT2D eigenvalue weighted by Gasteiger charge is 2.19. The summed E-state index contributed by atoms with van der Waals surface area (Å²) >= 11 is 0. The van der Waals surface area contributed by atoms with E-state index >= 15 is 0 Å². The molecule has 1 aromatic carbocycles. The Labute approximate surface area is 126 Å². The van der Waals surface area contributed by atoms with Crippen LogP contribution in [0.15, 0.2) is 18.2 Å². The van der Waals surface area contributed by atoms with E-state index in [1.165, 1.54) is 25.3 Å². The van der Waals surface area contributed by atoms with Gasteiger partial charge in [-0.3, -0.25) is 0 Å². The number of hydrogen-bond donors (Lipinski definition) is 1. The van der Waals surface area contributed by atoms with Gasteiger partial charge >= 0.3 is 0 Å². The summed E-state index contributed by atoms with van der Waals surface area (Å²) in [4.78, 5) is 0. The molecule has 112 valence electrons. The van der Waals surface area contributed by atoms with Crippen molar-refractivity contribution < 1.29 is 9.13 Å². The summed E-state index contributed by atoms with van der Waals surface area (Å²) in [6, 6.07) is 5.23. The second kappa shape index (κ2) is 7.28. The van der Waals surface area contributed by atoms with E-state index in [0.29, 0.717) is 17.6 Å². The summed E-state index contributed by atoms with van der Waals surface area (Å²) < 4.78 is 19.5. The van der Waals surface area contributed by atoms with E-state index in [4.69, 9.17) is 4.74 Å². The fraction of sp³-hybridized carbons (Fsp3) is 0.625. The van der Waals surface area contributed by atoms with Crippen molar-refractivity contribution in [3.8, 4) is 5.75 Å². The zero-order valence-electron chi connectivity index (χ0n) is 11.7. The van der Waals surface area contributed by atoms with Gasteiger partial charge in [0.25, 0.3) is 0 Å². The molecule has 2 fully saturated rings. The Hall–Kier alpha value is -0.800. The van der Waals surface area contributed by atoms with Crippen LogP contribution in [0.5, 0.6) is 5.75 Å². The molecule has 0 unspecified atom stereocenters. The van der Waals surface area contributed by atoms with Gasteiger partial charge in [-0.1, -0.05) is 6.42 Å². The molecule has 0 atom stereocenters. The summed E-state index contributed by atoms with van der Waals surface area (Å²) in [7, 11) is 0. The van der Waals surface area contributed by atoms with Gasteiger partial charge in [-0.05, 0) is 68.3 Å². The van der Waals surface area contributed by atoms with Gasteiger partial charge < -0.3 is 10.1 Å². The van der Waals surface area contributed by atoms with Crippen LogP contribution in [0.4, 0.5) is 4.39 Å². The van der Waals surface area contributed by atoms with Crippen LogP contribution in [-0.2, 0) is 0 Å². The zero-order valence-corrected chi connectivity index (χ0v) is 12.6. The first kappa shape index (κ1) is 15.6. The van der Waals surface area contributed by atoms with Gasteiger partial charge in [0.1, 0.15) is 11.6 Å². The van der Waals surface area contributed by atoms with E-state index in [1.807, 2.05) is 6.07 Å². The zero-order chi connectivity index (χ0) is 13.1. The van der Waals surface area contributed by atoms with Gasteiger partial charge in [0, 0.05) is 6.07 Å². The number of halogens is 2. The number of piperidine rings is 1. The molecule has 1 aliphatic carbocycles. The van der Waals surface area contributed by atoms with Gasteiger partial charge in [0.2, 0.25) is 0 Å². The van der Waals surface area contributed by atoms with Crippen LogP contribution in [0.2, 0.25) is 0 Å². The van der Waals surface area contributed by atoms with Crippen LogP contribution >= 0.6 is 12.4 Å². The van der Waals surface area contributed by atoms with Crippen LogP contribution in [0.25, 0.3) is 0 Å². The van der Waals surface area contributed by atoms with Crippen molar-refractivity contribution in [2.24, 2.45) is 5.92 Å². The smallest absolute Gasteiger partial charge is 0.127 e. The third kappa shape index (κ3) is 3.86. The van der Waals surface area contributed by atoms with E-state index in [0.717, 1.165) is 38.1 Å². The van der Waals surface area contributed by atoms with Crippen molar-refractivity contribution in [2.45, 2.75) is 38.0 Å². The normalized spacial score (nSPS) is 20.1. The molecule has 1 aliphatic heterocycles. The molecular formula is C16H23ClFNO. The molecule has 1 saturated carbocycles. The number of hydrogen-bond acceptors (Lipinski definition) is 2. The lowest BCUT2D eigenvalue weighted by atomic mass is 9.86. The second-order valence-electron chi connectivity index (χ2n) is 5.85. The molecule has 0 radical (unpaired) electrons. The molecule has 2 aliphatic rings. The molecule has 0 bridgehead atoms. The van der Waals surface area contributed by atoms with Crippen LogP contribution in [0.1, 0.15) is 43.6 Å². The first-order valence-electron chi connectivity index (χ1n) is 7.45.